The van der Waals surface area contributed by atoms with Crippen molar-refractivity contribution < 1.29 is 16.8 Å². The third-order valence-electron chi connectivity index (χ3n) is 5.11. The van der Waals surface area contributed by atoms with Crippen LogP contribution in [0.5, 0.6) is 0 Å². The van der Waals surface area contributed by atoms with Gasteiger partial charge in [0.25, 0.3) is 0 Å². The summed E-state index contributed by atoms with van der Waals surface area (Å²) in [5.74, 6) is 0. The lowest BCUT2D eigenvalue weighted by Gasteiger charge is -2.34. The number of benzene rings is 2. The van der Waals surface area contributed by atoms with E-state index in [1.165, 1.54) is 9.87 Å². The Labute approximate surface area is 173 Å². The van der Waals surface area contributed by atoms with Crippen LogP contribution < -0.4 is 4.72 Å². The van der Waals surface area contributed by atoms with Crippen molar-refractivity contribution in [3.8, 4) is 0 Å². The van der Waals surface area contributed by atoms with E-state index < -0.39 is 20.0 Å². The van der Waals surface area contributed by atoms with E-state index in [1.54, 1.807) is 26.0 Å². The summed E-state index contributed by atoms with van der Waals surface area (Å²) in [4.78, 5) is 2.38. The van der Waals surface area contributed by atoms with Crippen molar-refractivity contribution in [1.29, 1.82) is 0 Å². The fourth-order valence-electron chi connectivity index (χ4n) is 3.56. The lowest BCUT2D eigenvalue weighted by molar-refractivity contribution is 0.181. The SMILES string of the molecule is Cc1ccc(S(=O)(=O)N2CCN(Cc3ccccc3)CC2)c(C)c1NS(C)(=O)=O. The molecule has 2 aromatic carbocycles. The normalized spacial score (nSPS) is 16.7. The molecule has 1 aliphatic rings. The summed E-state index contributed by atoms with van der Waals surface area (Å²) in [6.07, 6.45) is 1.05. The average molecular weight is 438 g/mol. The van der Waals surface area contributed by atoms with E-state index in [0.717, 1.165) is 12.8 Å². The van der Waals surface area contributed by atoms with E-state index >= 15 is 0 Å². The van der Waals surface area contributed by atoms with E-state index in [0.29, 0.717) is 43.0 Å². The minimum atomic E-state index is -3.71. The molecule has 9 heteroatoms. The molecule has 1 aliphatic heterocycles. The number of aryl methyl sites for hydroxylation is 1. The number of sulfonamides is 2. The van der Waals surface area contributed by atoms with Crippen LogP contribution in [0.15, 0.2) is 47.4 Å². The number of nitrogens with zero attached hydrogens (tertiary/aromatic N) is 2. The van der Waals surface area contributed by atoms with Gasteiger partial charge in [0, 0.05) is 32.7 Å². The third kappa shape index (κ3) is 5.16. The predicted octanol–water partition coefficient (Wildman–Crippen LogP) is 2.18. The molecule has 0 aliphatic carbocycles. The summed E-state index contributed by atoms with van der Waals surface area (Å²) >= 11 is 0. The molecule has 1 N–H and O–H groups in total. The molecule has 1 fully saturated rings. The van der Waals surface area contributed by atoms with Crippen LogP contribution in [0.3, 0.4) is 0 Å². The lowest BCUT2D eigenvalue weighted by Crippen LogP contribution is -2.48. The van der Waals surface area contributed by atoms with Crippen LogP contribution in [0, 0.1) is 13.8 Å². The molecular weight excluding hydrogens is 410 g/mol. The predicted molar refractivity (Wildman–Crippen MR) is 115 cm³/mol. The van der Waals surface area contributed by atoms with Crippen LogP contribution in [0.2, 0.25) is 0 Å². The lowest BCUT2D eigenvalue weighted by atomic mass is 10.1. The Hall–Kier alpha value is -1.94. The first-order chi connectivity index (χ1) is 13.6. The molecule has 29 heavy (non-hydrogen) atoms. The second-order valence-electron chi connectivity index (χ2n) is 7.42. The summed E-state index contributed by atoms with van der Waals surface area (Å²) < 4.78 is 53.8. The second kappa shape index (κ2) is 8.43. The fourth-order valence-corrected chi connectivity index (χ4v) is 5.89. The number of hydrogen-bond donors (Lipinski definition) is 1. The summed E-state index contributed by atoms with van der Waals surface area (Å²) in [6.45, 7) is 6.27. The van der Waals surface area contributed by atoms with E-state index in [2.05, 4.69) is 21.8 Å². The van der Waals surface area contributed by atoms with E-state index in [1.807, 2.05) is 18.2 Å². The van der Waals surface area contributed by atoms with Crippen LogP contribution in [-0.4, -0.2) is 58.5 Å². The zero-order chi connectivity index (χ0) is 21.2. The molecule has 3 rings (SSSR count). The maximum absolute atomic E-state index is 13.2. The van der Waals surface area contributed by atoms with Gasteiger partial charge in [0.15, 0.2) is 0 Å². The van der Waals surface area contributed by atoms with Crippen LogP contribution in [0.4, 0.5) is 5.69 Å². The molecule has 1 saturated heterocycles. The Morgan fingerprint density at radius 3 is 2.10 bits per heavy atom. The minimum absolute atomic E-state index is 0.144. The van der Waals surface area contributed by atoms with Gasteiger partial charge in [0.05, 0.1) is 16.8 Å². The number of piperazine rings is 1. The first-order valence-electron chi connectivity index (χ1n) is 9.42. The molecule has 0 unspecified atom stereocenters. The van der Waals surface area contributed by atoms with Crippen molar-refractivity contribution >= 4 is 25.7 Å². The van der Waals surface area contributed by atoms with Crippen molar-refractivity contribution in [2.24, 2.45) is 0 Å². The molecule has 0 spiro atoms. The fraction of sp³-hybridized carbons (Fsp3) is 0.400. The van der Waals surface area contributed by atoms with Crippen molar-refractivity contribution in [2.75, 3.05) is 37.2 Å². The smallest absolute Gasteiger partial charge is 0.243 e. The molecular formula is C20H27N3O4S2. The molecule has 1 heterocycles. The Morgan fingerprint density at radius 1 is 0.897 bits per heavy atom. The standard InChI is InChI=1S/C20H27N3O4S2/c1-16-9-10-19(17(2)20(16)21-28(3,24)25)29(26,27)23-13-11-22(12-14-23)15-18-7-5-4-6-8-18/h4-10,21H,11-15H2,1-3H3. The van der Waals surface area contributed by atoms with Crippen molar-refractivity contribution in [1.82, 2.24) is 9.21 Å². The van der Waals surface area contributed by atoms with Crippen molar-refractivity contribution in [3.63, 3.8) is 0 Å². The quantitative estimate of drug-likeness (QED) is 0.749. The Kier molecular flexibility index (Phi) is 6.33. The summed E-state index contributed by atoms with van der Waals surface area (Å²) in [6, 6.07) is 13.3. The highest BCUT2D eigenvalue weighted by Crippen LogP contribution is 2.30. The summed E-state index contributed by atoms with van der Waals surface area (Å²) in [5.41, 5.74) is 2.63. The molecule has 158 valence electrons. The third-order valence-corrected chi connectivity index (χ3v) is 7.73. The molecule has 0 aromatic heterocycles. The molecule has 7 nitrogen and oxygen atoms in total. The maximum Gasteiger partial charge on any atom is 0.243 e. The Morgan fingerprint density at radius 2 is 1.52 bits per heavy atom. The Balaban J connectivity index is 1.77. The number of anilines is 1. The van der Waals surface area contributed by atoms with Crippen LogP contribution in [-0.2, 0) is 26.6 Å². The van der Waals surface area contributed by atoms with E-state index in [9.17, 15) is 16.8 Å². The van der Waals surface area contributed by atoms with Gasteiger partial charge in [-0.2, -0.15) is 4.31 Å². The number of rotatable bonds is 6. The topological polar surface area (TPSA) is 86.8 Å². The highest BCUT2D eigenvalue weighted by molar-refractivity contribution is 7.92. The molecule has 0 bridgehead atoms. The second-order valence-corrected chi connectivity index (χ2v) is 11.1. The van der Waals surface area contributed by atoms with E-state index in [-0.39, 0.29) is 4.90 Å². The van der Waals surface area contributed by atoms with Crippen molar-refractivity contribution in [3.05, 3.63) is 59.2 Å². The van der Waals surface area contributed by atoms with Crippen LogP contribution >= 0.6 is 0 Å². The molecule has 2 aromatic rings. The minimum Gasteiger partial charge on any atom is -0.296 e. The van der Waals surface area contributed by atoms with Gasteiger partial charge in [-0.1, -0.05) is 36.4 Å². The van der Waals surface area contributed by atoms with Gasteiger partial charge in [0.2, 0.25) is 20.0 Å². The molecule has 0 saturated carbocycles. The zero-order valence-electron chi connectivity index (χ0n) is 16.9. The average Bonchev–Trinajstić information content (AvgIpc) is 2.65. The van der Waals surface area contributed by atoms with Gasteiger partial charge in [-0.3, -0.25) is 9.62 Å². The van der Waals surface area contributed by atoms with E-state index in [4.69, 9.17) is 0 Å². The number of hydrogen-bond acceptors (Lipinski definition) is 5. The summed E-state index contributed by atoms with van der Waals surface area (Å²) in [5, 5.41) is 0. The number of nitrogens with one attached hydrogen (secondary N) is 1. The van der Waals surface area contributed by atoms with Crippen LogP contribution in [0.1, 0.15) is 16.7 Å². The maximum atomic E-state index is 13.2. The zero-order valence-corrected chi connectivity index (χ0v) is 18.6. The monoisotopic (exact) mass is 437 g/mol. The largest absolute Gasteiger partial charge is 0.296 e. The van der Waals surface area contributed by atoms with Gasteiger partial charge in [-0.15, -0.1) is 0 Å². The van der Waals surface area contributed by atoms with Gasteiger partial charge in [-0.25, -0.2) is 16.8 Å². The first kappa shape index (κ1) is 21.8. The van der Waals surface area contributed by atoms with Gasteiger partial charge >= 0.3 is 0 Å². The van der Waals surface area contributed by atoms with Gasteiger partial charge in [-0.05, 0) is 36.6 Å². The highest BCUT2D eigenvalue weighted by atomic mass is 32.2. The summed E-state index contributed by atoms with van der Waals surface area (Å²) in [7, 11) is -7.22. The van der Waals surface area contributed by atoms with Gasteiger partial charge < -0.3 is 0 Å². The molecule has 0 radical (unpaired) electrons. The van der Waals surface area contributed by atoms with Crippen LogP contribution in [0.25, 0.3) is 0 Å². The molecule has 0 amide bonds. The highest BCUT2D eigenvalue weighted by Gasteiger charge is 2.30. The van der Waals surface area contributed by atoms with Crippen molar-refractivity contribution in [2.45, 2.75) is 25.3 Å². The molecule has 0 atom stereocenters. The Bertz CT molecular complexity index is 1080. The van der Waals surface area contributed by atoms with Gasteiger partial charge in [0.1, 0.15) is 0 Å². The first-order valence-corrected chi connectivity index (χ1v) is 12.8.